The summed E-state index contributed by atoms with van der Waals surface area (Å²) in [7, 11) is 3.34. The molecule has 0 aliphatic carbocycles. The van der Waals surface area contributed by atoms with Crippen LogP contribution in [0.15, 0.2) is 29.2 Å². The molecule has 0 radical (unpaired) electrons. The molecule has 0 saturated heterocycles. The zero-order valence-corrected chi connectivity index (χ0v) is 12.9. The minimum absolute atomic E-state index is 0.0879. The van der Waals surface area contributed by atoms with E-state index >= 15 is 0 Å². The SMILES string of the molecule is CC(C)(CCC(=O)O)SSc1ccccc1CCO. The van der Waals surface area contributed by atoms with Gasteiger partial charge in [-0.15, -0.1) is 0 Å². The molecule has 3 nitrogen and oxygen atoms in total. The number of aliphatic carboxylic acids is 1. The molecule has 0 fully saturated rings. The summed E-state index contributed by atoms with van der Waals surface area (Å²) >= 11 is 0. The molecule has 1 aromatic rings. The van der Waals surface area contributed by atoms with Crippen molar-refractivity contribution in [2.24, 2.45) is 0 Å². The summed E-state index contributed by atoms with van der Waals surface area (Å²) in [6.07, 6.45) is 1.49. The van der Waals surface area contributed by atoms with E-state index in [0.717, 1.165) is 10.5 Å². The highest BCUT2D eigenvalue weighted by molar-refractivity contribution is 8.77. The van der Waals surface area contributed by atoms with Crippen LogP contribution in [-0.4, -0.2) is 27.5 Å². The van der Waals surface area contributed by atoms with Gasteiger partial charge in [-0.05, 0) is 38.3 Å². The van der Waals surface area contributed by atoms with E-state index in [-0.39, 0.29) is 17.8 Å². The summed E-state index contributed by atoms with van der Waals surface area (Å²) in [4.78, 5) is 11.8. The van der Waals surface area contributed by atoms with Crippen molar-refractivity contribution in [3.05, 3.63) is 29.8 Å². The molecule has 0 atom stereocenters. The van der Waals surface area contributed by atoms with Gasteiger partial charge < -0.3 is 10.2 Å². The van der Waals surface area contributed by atoms with Gasteiger partial charge in [-0.25, -0.2) is 0 Å². The summed E-state index contributed by atoms with van der Waals surface area (Å²) in [6.45, 7) is 4.26. The quantitative estimate of drug-likeness (QED) is 0.718. The van der Waals surface area contributed by atoms with E-state index < -0.39 is 5.97 Å². The Morgan fingerprint density at radius 1 is 1.32 bits per heavy atom. The number of rotatable bonds is 8. The van der Waals surface area contributed by atoms with E-state index in [2.05, 4.69) is 13.8 Å². The van der Waals surface area contributed by atoms with Crippen LogP contribution in [0, 0.1) is 0 Å². The molecule has 0 aromatic heterocycles. The van der Waals surface area contributed by atoms with Crippen LogP contribution in [0.3, 0.4) is 0 Å². The summed E-state index contributed by atoms with van der Waals surface area (Å²) in [6, 6.07) is 8.00. The maximum atomic E-state index is 10.6. The number of aliphatic hydroxyl groups is 1. The first kappa shape index (κ1) is 16.4. The highest BCUT2D eigenvalue weighted by Gasteiger charge is 2.21. The van der Waals surface area contributed by atoms with Gasteiger partial charge in [0.05, 0.1) is 0 Å². The van der Waals surface area contributed by atoms with Crippen LogP contribution >= 0.6 is 21.6 Å². The topological polar surface area (TPSA) is 57.5 Å². The predicted molar refractivity (Wildman–Crippen MR) is 81.6 cm³/mol. The van der Waals surface area contributed by atoms with Gasteiger partial charge >= 0.3 is 5.97 Å². The molecule has 0 unspecified atom stereocenters. The molecule has 0 saturated carbocycles. The lowest BCUT2D eigenvalue weighted by molar-refractivity contribution is -0.137. The largest absolute Gasteiger partial charge is 0.481 e. The molecular weight excluding hydrogens is 280 g/mol. The molecule has 1 aromatic carbocycles. The molecule has 5 heteroatoms. The number of carbonyl (C=O) groups is 1. The van der Waals surface area contributed by atoms with Crippen LogP contribution < -0.4 is 0 Å². The van der Waals surface area contributed by atoms with E-state index in [0.29, 0.717) is 12.8 Å². The molecule has 0 spiro atoms. The fraction of sp³-hybridized carbons (Fsp3) is 0.500. The van der Waals surface area contributed by atoms with Crippen molar-refractivity contribution in [1.82, 2.24) is 0 Å². The fourth-order valence-corrected chi connectivity index (χ4v) is 4.12. The van der Waals surface area contributed by atoms with Crippen molar-refractivity contribution in [3.63, 3.8) is 0 Å². The van der Waals surface area contributed by atoms with E-state index in [9.17, 15) is 4.79 Å². The second-order valence-corrected chi connectivity index (χ2v) is 7.78. The van der Waals surface area contributed by atoms with E-state index in [4.69, 9.17) is 10.2 Å². The smallest absolute Gasteiger partial charge is 0.303 e. The Morgan fingerprint density at radius 2 is 2.00 bits per heavy atom. The lowest BCUT2D eigenvalue weighted by Crippen LogP contribution is -2.15. The number of carboxylic acids is 1. The van der Waals surface area contributed by atoms with Crippen molar-refractivity contribution >= 4 is 27.6 Å². The molecule has 0 aliphatic rings. The first-order chi connectivity index (χ1) is 8.94. The summed E-state index contributed by atoms with van der Waals surface area (Å²) in [5, 5.41) is 17.8. The lowest BCUT2D eigenvalue weighted by atomic mass is 10.1. The van der Waals surface area contributed by atoms with E-state index in [1.807, 2.05) is 24.3 Å². The third kappa shape index (κ3) is 6.36. The highest BCUT2D eigenvalue weighted by Crippen LogP contribution is 2.44. The van der Waals surface area contributed by atoms with Crippen molar-refractivity contribution in [2.45, 2.75) is 42.8 Å². The average molecular weight is 300 g/mol. The second kappa shape index (κ2) is 7.82. The van der Waals surface area contributed by atoms with Crippen LogP contribution in [-0.2, 0) is 11.2 Å². The summed E-state index contributed by atoms with van der Waals surface area (Å²) in [5.74, 6) is -0.751. The third-order valence-corrected chi connectivity index (χ3v) is 6.11. The van der Waals surface area contributed by atoms with Gasteiger partial charge in [0.2, 0.25) is 0 Å². The van der Waals surface area contributed by atoms with Crippen molar-refractivity contribution < 1.29 is 15.0 Å². The number of benzene rings is 1. The molecule has 1 rings (SSSR count). The van der Waals surface area contributed by atoms with Gasteiger partial charge in [0.1, 0.15) is 0 Å². The maximum Gasteiger partial charge on any atom is 0.303 e. The first-order valence-electron chi connectivity index (χ1n) is 6.21. The van der Waals surface area contributed by atoms with Gasteiger partial charge in [-0.3, -0.25) is 4.79 Å². The van der Waals surface area contributed by atoms with Crippen molar-refractivity contribution in [1.29, 1.82) is 0 Å². The number of hydrogen-bond donors (Lipinski definition) is 2. The zero-order valence-electron chi connectivity index (χ0n) is 11.3. The van der Waals surface area contributed by atoms with Crippen LogP contribution in [0.4, 0.5) is 0 Å². The maximum absolute atomic E-state index is 10.6. The van der Waals surface area contributed by atoms with Crippen LogP contribution in [0.1, 0.15) is 32.3 Å². The molecule has 0 bridgehead atoms. The predicted octanol–water partition coefficient (Wildman–Crippen LogP) is 3.61. The Morgan fingerprint density at radius 3 is 2.63 bits per heavy atom. The normalized spacial score (nSPS) is 11.5. The van der Waals surface area contributed by atoms with Crippen molar-refractivity contribution in [3.8, 4) is 0 Å². The minimum Gasteiger partial charge on any atom is -0.481 e. The Hall–Kier alpha value is -0.650. The molecule has 2 N–H and O–H groups in total. The standard InChI is InChI=1S/C14H20O3S2/c1-14(2,9-7-13(16)17)19-18-12-6-4-3-5-11(12)8-10-15/h3-6,15H,7-10H2,1-2H3,(H,16,17). The molecule has 0 amide bonds. The number of carboxylic acid groups (broad SMARTS) is 1. The molecule has 0 aliphatic heterocycles. The molecule has 19 heavy (non-hydrogen) atoms. The average Bonchev–Trinajstić information content (AvgIpc) is 2.36. The van der Waals surface area contributed by atoms with Gasteiger partial charge in [-0.1, -0.05) is 39.8 Å². The lowest BCUT2D eigenvalue weighted by Gasteiger charge is -2.22. The molecule has 0 heterocycles. The van der Waals surface area contributed by atoms with Gasteiger partial charge in [-0.2, -0.15) is 0 Å². The molecule has 106 valence electrons. The zero-order chi connectivity index (χ0) is 14.3. The monoisotopic (exact) mass is 300 g/mol. The Balaban J connectivity index is 2.57. The van der Waals surface area contributed by atoms with Crippen LogP contribution in [0.2, 0.25) is 0 Å². The summed E-state index contributed by atoms with van der Waals surface area (Å²) in [5.41, 5.74) is 1.14. The Kier molecular flexibility index (Phi) is 6.75. The Bertz CT molecular complexity index is 419. The fourth-order valence-electron chi connectivity index (χ4n) is 1.52. The van der Waals surface area contributed by atoms with E-state index in [1.54, 1.807) is 21.6 Å². The van der Waals surface area contributed by atoms with Gasteiger partial charge in [0, 0.05) is 22.7 Å². The number of aliphatic hydroxyl groups excluding tert-OH is 1. The van der Waals surface area contributed by atoms with Gasteiger partial charge in [0.15, 0.2) is 0 Å². The minimum atomic E-state index is -0.751. The van der Waals surface area contributed by atoms with Gasteiger partial charge in [0.25, 0.3) is 0 Å². The van der Waals surface area contributed by atoms with Crippen LogP contribution in [0.25, 0.3) is 0 Å². The Labute approximate surface area is 122 Å². The number of hydrogen-bond acceptors (Lipinski definition) is 4. The van der Waals surface area contributed by atoms with E-state index in [1.165, 1.54) is 0 Å². The highest BCUT2D eigenvalue weighted by atomic mass is 33.1. The first-order valence-corrected chi connectivity index (χ1v) is 8.36. The third-order valence-electron chi connectivity index (χ3n) is 2.65. The summed E-state index contributed by atoms with van der Waals surface area (Å²) < 4.78 is -0.0879. The van der Waals surface area contributed by atoms with Crippen LogP contribution in [0.5, 0.6) is 0 Å². The molecular formula is C14H20O3S2. The van der Waals surface area contributed by atoms with Crippen molar-refractivity contribution in [2.75, 3.05) is 6.61 Å². The second-order valence-electron chi connectivity index (χ2n) is 4.90.